The molecule has 2 aliphatic rings. The molecule has 2 aliphatic heterocycles. The average molecular weight is 364 g/mol. The minimum absolute atomic E-state index is 0.0330. The summed E-state index contributed by atoms with van der Waals surface area (Å²) in [6, 6.07) is 17.2. The average Bonchev–Trinajstić information content (AvgIpc) is 3.24. The van der Waals surface area contributed by atoms with Crippen molar-refractivity contribution in [3.05, 3.63) is 65.2 Å². The first-order valence-electron chi connectivity index (χ1n) is 10.2. The molecule has 142 valence electrons. The Bertz CT molecular complexity index is 765. The Morgan fingerprint density at radius 1 is 0.926 bits per heavy atom. The molecule has 0 bridgehead atoms. The molecule has 2 amide bonds. The molecule has 0 saturated carbocycles. The highest BCUT2D eigenvalue weighted by molar-refractivity contribution is 5.89. The molecule has 1 fully saturated rings. The predicted octanol–water partition coefficient (Wildman–Crippen LogP) is 4.31. The number of carbonyl (C=O) groups is 1. The molecular formula is C23H29N3O. The van der Waals surface area contributed by atoms with Crippen LogP contribution in [0.1, 0.15) is 36.0 Å². The molecule has 4 rings (SSSR count). The van der Waals surface area contributed by atoms with E-state index in [0.29, 0.717) is 0 Å². The summed E-state index contributed by atoms with van der Waals surface area (Å²) in [6.45, 7) is 5.15. The summed E-state index contributed by atoms with van der Waals surface area (Å²) < 4.78 is 0. The van der Waals surface area contributed by atoms with Gasteiger partial charge in [0.25, 0.3) is 0 Å². The van der Waals surface area contributed by atoms with Gasteiger partial charge in [0, 0.05) is 31.9 Å². The lowest BCUT2D eigenvalue weighted by molar-refractivity contribution is 0.222. The van der Waals surface area contributed by atoms with Crippen molar-refractivity contribution in [1.29, 1.82) is 0 Å². The fraction of sp³-hybridized carbons (Fsp3) is 0.435. The first-order chi connectivity index (χ1) is 13.3. The number of fused-ring (bicyclic) bond motifs is 1. The second-order valence-electron chi connectivity index (χ2n) is 7.72. The van der Waals surface area contributed by atoms with Crippen molar-refractivity contribution in [3.63, 3.8) is 0 Å². The second kappa shape index (κ2) is 8.57. The lowest BCUT2D eigenvalue weighted by atomic mass is 9.99. The highest BCUT2D eigenvalue weighted by atomic mass is 16.2. The molecule has 2 aromatic carbocycles. The summed E-state index contributed by atoms with van der Waals surface area (Å²) in [7, 11) is 0. The zero-order valence-corrected chi connectivity index (χ0v) is 16.0. The van der Waals surface area contributed by atoms with Gasteiger partial charge in [-0.05, 0) is 67.5 Å². The molecule has 0 unspecified atom stereocenters. The monoisotopic (exact) mass is 363 g/mol. The first-order valence-corrected chi connectivity index (χ1v) is 10.2. The van der Waals surface area contributed by atoms with Crippen molar-refractivity contribution >= 4 is 11.7 Å². The lowest BCUT2D eigenvalue weighted by Crippen LogP contribution is -2.32. The summed E-state index contributed by atoms with van der Waals surface area (Å²) in [5.41, 5.74) is 5.23. The quantitative estimate of drug-likeness (QED) is 0.859. The minimum Gasteiger partial charge on any atom is -0.325 e. The molecule has 0 atom stereocenters. The Morgan fingerprint density at radius 2 is 1.67 bits per heavy atom. The Hall–Kier alpha value is -2.33. The summed E-state index contributed by atoms with van der Waals surface area (Å²) >= 11 is 0. The van der Waals surface area contributed by atoms with E-state index in [1.54, 1.807) is 0 Å². The van der Waals surface area contributed by atoms with E-state index in [9.17, 15) is 4.79 Å². The Morgan fingerprint density at radius 3 is 2.44 bits per heavy atom. The SMILES string of the molecule is O=C(Nc1ccc(CCCN2CCc3ccccc3C2)cc1)N1CCCC1. The molecule has 1 saturated heterocycles. The van der Waals surface area contributed by atoms with E-state index in [1.807, 2.05) is 17.0 Å². The highest BCUT2D eigenvalue weighted by Gasteiger charge is 2.18. The molecule has 0 aromatic heterocycles. The van der Waals surface area contributed by atoms with Crippen LogP contribution in [0.5, 0.6) is 0 Å². The fourth-order valence-corrected chi connectivity index (χ4v) is 4.13. The third kappa shape index (κ3) is 4.69. The van der Waals surface area contributed by atoms with Gasteiger partial charge in [-0.1, -0.05) is 36.4 Å². The van der Waals surface area contributed by atoms with Crippen LogP contribution >= 0.6 is 0 Å². The summed E-state index contributed by atoms with van der Waals surface area (Å²) in [4.78, 5) is 16.6. The van der Waals surface area contributed by atoms with Gasteiger partial charge in [-0.15, -0.1) is 0 Å². The standard InChI is InChI=1S/C23H29N3O/c27-23(26-15-3-4-16-26)24-22-11-9-19(10-12-22)6-5-14-25-17-13-20-7-1-2-8-21(20)18-25/h1-2,7-12H,3-6,13-18H2,(H,24,27). The van der Waals surface area contributed by atoms with E-state index >= 15 is 0 Å². The number of nitrogens with zero attached hydrogens (tertiary/aromatic N) is 2. The van der Waals surface area contributed by atoms with Crippen LogP contribution in [0.2, 0.25) is 0 Å². The van der Waals surface area contributed by atoms with Gasteiger partial charge in [0.1, 0.15) is 0 Å². The van der Waals surface area contributed by atoms with E-state index in [0.717, 1.165) is 51.1 Å². The van der Waals surface area contributed by atoms with E-state index < -0.39 is 0 Å². The minimum atomic E-state index is 0.0330. The van der Waals surface area contributed by atoms with Crippen molar-refractivity contribution in [1.82, 2.24) is 9.80 Å². The fourth-order valence-electron chi connectivity index (χ4n) is 4.13. The first kappa shape index (κ1) is 18.1. The normalized spacial score (nSPS) is 17.0. The van der Waals surface area contributed by atoms with Crippen molar-refractivity contribution in [3.8, 4) is 0 Å². The summed E-state index contributed by atoms with van der Waals surface area (Å²) in [6.07, 6.45) is 5.66. The number of likely N-dealkylation sites (tertiary alicyclic amines) is 1. The van der Waals surface area contributed by atoms with Gasteiger partial charge in [-0.3, -0.25) is 4.90 Å². The third-order valence-electron chi connectivity index (χ3n) is 5.75. The molecule has 4 nitrogen and oxygen atoms in total. The maximum absolute atomic E-state index is 12.1. The van der Waals surface area contributed by atoms with Gasteiger partial charge in [0.2, 0.25) is 0 Å². The van der Waals surface area contributed by atoms with Crippen LogP contribution in [0.4, 0.5) is 10.5 Å². The number of nitrogens with one attached hydrogen (secondary N) is 1. The number of aryl methyl sites for hydroxylation is 1. The van der Waals surface area contributed by atoms with Gasteiger partial charge in [0.05, 0.1) is 0 Å². The number of amides is 2. The van der Waals surface area contributed by atoms with Crippen LogP contribution in [0.3, 0.4) is 0 Å². The van der Waals surface area contributed by atoms with Gasteiger partial charge in [-0.2, -0.15) is 0 Å². The van der Waals surface area contributed by atoms with E-state index in [-0.39, 0.29) is 6.03 Å². The van der Waals surface area contributed by atoms with Crippen LogP contribution in [0.15, 0.2) is 48.5 Å². The van der Waals surface area contributed by atoms with Crippen molar-refractivity contribution in [2.24, 2.45) is 0 Å². The van der Waals surface area contributed by atoms with Crippen molar-refractivity contribution in [2.75, 3.05) is 31.5 Å². The number of hydrogen-bond donors (Lipinski definition) is 1. The zero-order chi connectivity index (χ0) is 18.5. The summed E-state index contributed by atoms with van der Waals surface area (Å²) in [5, 5.41) is 3.01. The Balaban J connectivity index is 1.22. The molecular weight excluding hydrogens is 334 g/mol. The molecule has 0 radical (unpaired) electrons. The molecule has 0 aliphatic carbocycles. The van der Waals surface area contributed by atoms with Gasteiger partial charge >= 0.3 is 6.03 Å². The van der Waals surface area contributed by atoms with E-state index in [2.05, 4.69) is 46.6 Å². The molecule has 27 heavy (non-hydrogen) atoms. The van der Waals surface area contributed by atoms with E-state index in [1.165, 1.54) is 36.1 Å². The number of benzene rings is 2. The van der Waals surface area contributed by atoms with Gasteiger partial charge in [0.15, 0.2) is 0 Å². The van der Waals surface area contributed by atoms with Crippen LogP contribution in [-0.2, 0) is 19.4 Å². The van der Waals surface area contributed by atoms with Crippen LogP contribution in [0.25, 0.3) is 0 Å². The van der Waals surface area contributed by atoms with Crippen LogP contribution < -0.4 is 5.32 Å². The predicted molar refractivity (Wildman–Crippen MR) is 110 cm³/mol. The molecule has 2 heterocycles. The largest absolute Gasteiger partial charge is 0.325 e. The lowest BCUT2D eigenvalue weighted by Gasteiger charge is -2.28. The molecule has 0 spiro atoms. The van der Waals surface area contributed by atoms with Gasteiger partial charge in [-0.25, -0.2) is 4.79 Å². The number of hydrogen-bond acceptors (Lipinski definition) is 2. The second-order valence-corrected chi connectivity index (χ2v) is 7.72. The van der Waals surface area contributed by atoms with Crippen molar-refractivity contribution in [2.45, 2.75) is 38.6 Å². The van der Waals surface area contributed by atoms with Gasteiger partial charge < -0.3 is 10.2 Å². The zero-order valence-electron chi connectivity index (χ0n) is 16.0. The smallest absolute Gasteiger partial charge is 0.321 e. The number of rotatable bonds is 5. The Labute approximate surface area is 162 Å². The topological polar surface area (TPSA) is 35.6 Å². The number of anilines is 1. The maximum atomic E-state index is 12.1. The van der Waals surface area contributed by atoms with E-state index in [4.69, 9.17) is 0 Å². The van der Waals surface area contributed by atoms with Crippen LogP contribution in [-0.4, -0.2) is 42.0 Å². The number of urea groups is 1. The molecule has 1 N–H and O–H groups in total. The highest BCUT2D eigenvalue weighted by Crippen LogP contribution is 2.19. The van der Waals surface area contributed by atoms with Crippen molar-refractivity contribution < 1.29 is 4.79 Å². The van der Waals surface area contributed by atoms with Crippen LogP contribution in [0, 0.1) is 0 Å². The molecule has 4 heteroatoms. The number of carbonyl (C=O) groups excluding carboxylic acids is 1. The molecule has 2 aromatic rings. The maximum Gasteiger partial charge on any atom is 0.321 e. The Kier molecular flexibility index (Phi) is 5.73. The third-order valence-corrected chi connectivity index (χ3v) is 5.75. The summed E-state index contributed by atoms with van der Waals surface area (Å²) in [5.74, 6) is 0.